The summed E-state index contributed by atoms with van der Waals surface area (Å²) in [6.07, 6.45) is 5.33. The highest BCUT2D eigenvalue weighted by Gasteiger charge is 2.22. The molecule has 0 fully saturated rings. The van der Waals surface area contributed by atoms with Crippen molar-refractivity contribution >= 4 is 22.9 Å². The average Bonchev–Trinajstić information content (AvgIpc) is 2.86. The molecule has 3 rings (SSSR count). The molecule has 0 spiro atoms. The Morgan fingerprint density at radius 2 is 2.40 bits per heavy atom. The van der Waals surface area contributed by atoms with E-state index in [4.69, 9.17) is 16.3 Å². The number of aryl methyl sites for hydroxylation is 1. The van der Waals surface area contributed by atoms with Crippen molar-refractivity contribution in [3.05, 3.63) is 44.7 Å². The second-order valence-corrected chi connectivity index (χ2v) is 6.73. The molecule has 0 amide bonds. The van der Waals surface area contributed by atoms with Gasteiger partial charge in [-0.2, -0.15) is 0 Å². The van der Waals surface area contributed by atoms with E-state index < -0.39 is 0 Å². The Balaban J connectivity index is 1.69. The Labute approximate surface area is 127 Å². The van der Waals surface area contributed by atoms with E-state index >= 15 is 0 Å². The Hall–Kier alpha value is -1.10. The maximum atomic E-state index is 6.14. The van der Waals surface area contributed by atoms with Crippen molar-refractivity contribution in [1.82, 2.24) is 10.3 Å². The highest BCUT2D eigenvalue weighted by molar-refractivity contribution is 7.16. The van der Waals surface area contributed by atoms with Crippen LogP contribution in [0, 0.1) is 0 Å². The van der Waals surface area contributed by atoms with Crippen LogP contribution in [0.5, 0.6) is 5.88 Å². The van der Waals surface area contributed by atoms with Crippen LogP contribution in [0.3, 0.4) is 0 Å². The molecular formula is C15H17ClN2OS. The average molecular weight is 309 g/mol. The normalized spacial score (nSPS) is 17.8. The van der Waals surface area contributed by atoms with Crippen molar-refractivity contribution in [2.24, 2.45) is 0 Å². The van der Waals surface area contributed by atoms with Crippen LogP contribution in [0.25, 0.3) is 0 Å². The number of hydrogen-bond donors (Lipinski definition) is 1. The van der Waals surface area contributed by atoms with Gasteiger partial charge in [0.05, 0.1) is 11.4 Å². The summed E-state index contributed by atoms with van der Waals surface area (Å²) < 4.78 is 6.05. The van der Waals surface area contributed by atoms with Crippen LogP contribution in [0.4, 0.5) is 0 Å². The van der Waals surface area contributed by atoms with E-state index in [9.17, 15) is 0 Å². The van der Waals surface area contributed by atoms with E-state index in [1.807, 2.05) is 12.1 Å². The van der Waals surface area contributed by atoms with Gasteiger partial charge in [-0.25, -0.2) is 4.98 Å². The smallest absolute Gasteiger partial charge is 0.213 e. The van der Waals surface area contributed by atoms with Gasteiger partial charge in [0.2, 0.25) is 5.88 Å². The monoisotopic (exact) mass is 308 g/mol. The van der Waals surface area contributed by atoms with Gasteiger partial charge in [-0.1, -0.05) is 11.6 Å². The first kappa shape index (κ1) is 13.9. The standard InChI is InChI=1S/C15H17ClN2OS/c1-19-15-7-10(5-6-17-15)9-18-12-3-2-4-13-11(12)8-14(16)20-13/h5-8,12,18H,2-4,9H2,1H3. The number of methoxy groups -OCH3 is 1. The Bertz CT molecular complexity index is 599. The number of nitrogens with one attached hydrogen (secondary N) is 1. The molecule has 20 heavy (non-hydrogen) atoms. The molecule has 0 aliphatic heterocycles. The summed E-state index contributed by atoms with van der Waals surface area (Å²) in [4.78, 5) is 5.56. The maximum absolute atomic E-state index is 6.14. The van der Waals surface area contributed by atoms with Crippen LogP contribution in [-0.4, -0.2) is 12.1 Å². The number of halogens is 1. The second-order valence-electron chi connectivity index (χ2n) is 4.96. The number of hydrogen-bond acceptors (Lipinski definition) is 4. The Kier molecular flexibility index (Phi) is 4.24. The molecule has 2 aromatic rings. The van der Waals surface area contributed by atoms with Gasteiger partial charge in [0, 0.05) is 29.7 Å². The number of thiophene rings is 1. The molecule has 5 heteroatoms. The first-order valence-electron chi connectivity index (χ1n) is 6.76. The van der Waals surface area contributed by atoms with Gasteiger partial charge in [0.1, 0.15) is 0 Å². The van der Waals surface area contributed by atoms with Gasteiger partial charge >= 0.3 is 0 Å². The first-order valence-corrected chi connectivity index (χ1v) is 7.96. The van der Waals surface area contributed by atoms with Crippen LogP contribution in [0.15, 0.2) is 24.4 Å². The lowest BCUT2D eigenvalue weighted by atomic mass is 9.94. The van der Waals surface area contributed by atoms with Crippen molar-refractivity contribution < 1.29 is 4.74 Å². The fourth-order valence-electron chi connectivity index (χ4n) is 2.65. The molecule has 0 saturated heterocycles. The largest absolute Gasteiger partial charge is 0.481 e. The van der Waals surface area contributed by atoms with E-state index in [-0.39, 0.29) is 0 Å². The highest BCUT2D eigenvalue weighted by atomic mass is 35.5. The maximum Gasteiger partial charge on any atom is 0.213 e. The van der Waals surface area contributed by atoms with Crippen LogP contribution in [0.1, 0.15) is 34.9 Å². The molecule has 1 aliphatic rings. The van der Waals surface area contributed by atoms with Crippen molar-refractivity contribution in [3.63, 3.8) is 0 Å². The minimum atomic E-state index is 0.404. The predicted molar refractivity (Wildman–Crippen MR) is 82.6 cm³/mol. The first-order chi connectivity index (χ1) is 9.76. The zero-order chi connectivity index (χ0) is 13.9. The number of aromatic nitrogens is 1. The number of ether oxygens (including phenoxy) is 1. The Morgan fingerprint density at radius 3 is 3.25 bits per heavy atom. The quantitative estimate of drug-likeness (QED) is 0.928. The second kappa shape index (κ2) is 6.12. The number of fused-ring (bicyclic) bond motifs is 1. The summed E-state index contributed by atoms with van der Waals surface area (Å²) in [5.74, 6) is 0.659. The van der Waals surface area contributed by atoms with E-state index in [0.29, 0.717) is 11.9 Å². The lowest BCUT2D eigenvalue weighted by Crippen LogP contribution is -2.23. The molecular weight excluding hydrogens is 292 g/mol. The molecule has 1 aliphatic carbocycles. The number of rotatable bonds is 4. The molecule has 0 saturated carbocycles. The summed E-state index contributed by atoms with van der Waals surface area (Å²) in [6.45, 7) is 0.816. The molecule has 3 nitrogen and oxygen atoms in total. The van der Waals surface area contributed by atoms with Gasteiger partial charge in [-0.15, -0.1) is 11.3 Å². The van der Waals surface area contributed by atoms with Gasteiger partial charge in [-0.05, 0) is 42.5 Å². The molecule has 2 heterocycles. The van der Waals surface area contributed by atoms with E-state index in [2.05, 4.69) is 16.4 Å². The molecule has 1 N–H and O–H groups in total. The molecule has 0 bridgehead atoms. The van der Waals surface area contributed by atoms with E-state index in [1.54, 1.807) is 24.6 Å². The molecule has 0 radical (unpaired) electrons. The SMILES string of the molecule is COc1cc(CNC2CCCc3sc(Cl)cc32)ccn1. The summed E-state index contributed by atoms with van der Waals surface area (Å²) in [5, 5.41) is 3.62. The molecule has 0 aromatic carbocycles. The van der Waals surface area contributed by atoms with Crippen molar-refractivity contribution in [3.8, 4) is 5.88 Å². The van der Waals surface area contributed by atoms with Gasteiger partial charge < -0.3 is 10.1 Å². The predicted octanol–water partition coefficient (Wildman–Crippen LogP) is 3.97. The third-order valence-corrected chi connectivity index (χ3v) is 4.98. The minimum absolute atomic E-state index is 0.404. The number of nitrogens with zero attached hydrogens (tertiary/aromatic N) is 1. The zero-order valence-corrected chi connectivity index (χ0v) is 12.9. The minimum Gasteiger partial charge on any atom is -0.481 e. The van der Waals surface area contributed by atoms with Crippen LogP contribution >= 0.6 is 22.9 Å². The Morgan fingerprint density at radius 1 is 1.50 bits per heavy atom. The molecule has 1 unspecified atom stereocenters. The summed E-state index contributed by atoms with van der Waals surface area (Å²) in [5.41, 5.74) is 2.57. The fraction of sp³-hybridized carbons (Fsp3) is 0.400. The lowest BCUT2D eigenvalue weighted by Gasteiger charge is -2.23. The summed E-state index contributed by atoms with van der Waals surface area (Å²) in [6, 6.07) is 6.50. The topological polar surface area (TPSA) is 34.1 Å². The molecule has 2 aromatic heterocycles. The van der Waals surface area contributed by atoms with Crippen LogP contribution < -0.4 is 10.1 Å². The van der Waals surface area contributed by atoms with E-state index in [0.717, 1.165) is 17.3 Å². The molecule has 1 atom stereocenters. The lowest BCUT2D eigenvalue weighted by molar-refractivity contribution is 0.396. The van der Waals surface area contributed by atoms with Crippen LogP contribution in [-0.2, 0) is 13.0 Å². The van der Waals surface area contributed by atoms with Crippen molar-refractivity contribution in [2.75, 3.05) is 7.11 Å². The summed E-state index contributed by atoms with van der Waals surface area (Å²) >= 11 is 7.86. The third-order valence-electron chi connectivity index (χ3n) is 3.64. The van der Waals surface area contributed by atoms with Crippen molar-refractivity contribution in [1.29, 1.82) is 0 Å². The third kappa shape index (κ3) is 2.97. The zero-order valence-electron chi connectivity index (χ0n) is 11.4. The van der Waals surface area contributed by atoms with Gasteiger partial charge in [0.25, 0.3) is 0 Å². The van der Waals surface area contributed by atoms with Gasteiger partial charge in [-0.3, -0.25) is 0 Å². The molecule has 106 valence electrons. The highest BCUT2D eigenvalue weighted by Crippen LogP contribution is 2.37. The van der Waals surface area contributed by atoms with Crippen LogP contribution in [0.2, 0.25) is 4.34 Å². The number of pyridine rings is 1. The fourth-order valence-corrected chi connectivity index (χ4v) is 4.03. The van der Waals surface area contributed by atoms with E-state index in [1.165, 1.54) is 28.8 Å². The van der Waals surface area contributed by atoms with Gasteiger partial charge in [0.15, 0.2) is 0 Å². The summed E-state index contributed by atoms with van der Waals surface area (Å²) in [7, 11) is 1.64. The van der Waals surface area contributed by atoms with Crippen molar-refractivity contribution in [2.45, 2.75) is 31.8 Å².